The zero-order chi connectivity index (χ0) is 12.8. The number of hydrogen-bond donors (Lipinski definition) is 1. The number of ketones is 1. The molecule has 1 unspecified atom stereocenters. The number of benzene rings is 1. The second kappa shape index (κ2) is 4.09. The summed E-state index contributed by atoms with van der Waals surface area (Å²) in [5.41, 5.74) is 6.12. The Bertz CT molecular complexity index is 473. The summed E-state index contributed by atoms with van der Waals surface area (Å²) in [4.78, 5) is 12.4. The molecule has 3 nitrogen and oxygen atoms in total. The van der Waals surface area contributed by atoms with Crippen molar-refractivity contribution < 1.29 is 9.53 Å². The number of carbonyl (C=O) groups is 1. The van der Waals surface area contributed by atoms with Crippen LogP contribution in [0.2, 0.25) is 0 Å². The Morgan fingerprint density at radius 1 is 1.33 bits per heavy atom. The number of nitrogens with two attached hydrogens (primary N) is 1. The first-order valence-electron chi connectivity index (χ1n) is 6.68. The molecule has 0 spiro atoms. The van der Waals surface area contributed by atoms with E-state index in [0.717, 1.165) is 31.4 Å². The first-order chi connectivity index (χ1) is 8.57. The van der Waals surface area contributed by atoms with Crippen molar-refractivity contribution in [1.82, 2.24) is 0 Å². The van der Waals surface area contributed by atoms with Crippen molar-refractivity contribution in [3.05, 3.63) is 29.8 Å². The average Bonchev–Trinajstić information content (AvgIpc) is 3.19. The zero-order valence-electron chi connectivity index (χ0n) is 10.7. The monoisotopic (exact) mass is 245 g/mol. The molecule has 18 heavy (non-hydrogen) atoms. The highest BCUT2D eigenvalue weighted by atomic mass is 16.5. The average molecular weight is 245 g/mol. The number of ether oxygens (including phenoxy) is 1. The predicted octanol–water partition coefficient (Wildman–Crippen LogP) is 2.54. The summed E-state index contributed by atoms with van der Waals surface area (Å²) < 4.78 is 5.71. The lowest BCUT2D eigenvalue weighted by Gasteiger charge is -2.22. The quantitative estimate of drug-likeness (QED) is 0.811. The Morgan fingerprint density at radius 2 is 2.06 bits per heavy atom. The van der Waals surface area contributed by atoms with E-state index in [-0.39, 0.29) is 5.78 Å². The number of rotatable bonds is 5. The Morgan fingerprint density at radius 3 is 2.67 bits per heavy atom. The van der Waals surface area contributed by atoms with Crippen LogP contribution in [0.5, 0.6) is 5.75 Å². The smallest absolute Gasteiger partial charge is 0.182 e. The van der Waals surface area contributed by atoms with E-state index in [0.29, 0.717) is 17.6 Å². The Hall–Kier alpha value is -1.35. The molecule has 2 aliphatic rings. The molecule has 96 valence electrons. The third-order valence-corrected chi connectivity index (χ3v) is 3.84. The number of hydrogen-bond acceptors (Lipinski definition) is 3. The van der Waals surface area contributed by atoms with Crippen molar-refractivity contribution in [3.8, 4) is 5.75 Å². The van der Waals surface area contributed by atoms with Crippen molar-refractivity contribution in [2.75, 3.05) is 0 Å². The lowest BCUT2D eigenvalue weighted by molar-refractivity contribution is 0.0883. The van der Waals surface area contributed by atoms with E-state index in [9.17, 15) is 4.79 Å². The van der Waals surface area contributed by atoms with Gasteiger partial charge in [-0.15, -0.1) is 0 Å². The van der Waals surface area contributed by atoms with Gasteiger partial charge in [0, 0.05) is 5.56 Å². The fourth-order valence-electron chi connectivity index (χ4n) is 2.27. The van der Waals surface area contributed by atoms with E-state index in [1.807, 2.05) is 31.2 Å². The topological polar surface area (TPSA) is 52.3 Å². The maximum absolute atomic E-state index is 12.4. The highest BCUT2D eigenvalue weighted by molar-refractivity contribution is 6.03. The van der Waals surface area contributed by atoms with Crippen LogP contribution >= 0.6 is 0 Å². The normalized spacial score (nSPS) is 22.3. The predicted molar refractivity (Wildman–Crippen MR) is 69.7 cm³/mol. The second-order valence-electron chi connectivity index (χ2n) is 5.73. The van der Waals surface area contributed by atoms with E-state index in [1.165, 1.54) is 0 Å². The standard InChI is InChI=1S/C15H19NO2/c1-15(16,11-5-6-11)14(17)10-3-2-4-13(9-10)18-12-7-8-12/h2-4,9,11-12H,5-8,16H2,1H3. The summed E-state index contributed by atoms with van der Waals surface area (Å²) in [7, 11) is 0. The Labute approximate surface area is 107 Å². The molecule has 3 rings (SSSR count). The Balaban J connectivity index is 1.79. The van der Waals surface area contributed by atoms with Crippen molar-refractivity contribution in [2.45, 2.75) is 44.2 Å². The van der Waals surface area contributed by atoms with Gasteiger partial charge in [-0.2, -0.15) is 0 Å². The van der Waals surface area contributed by atoms with Gasteiger partial charge in [-0.05, 0) is 50.7 Å². The molecule has 1 aromatic rings. The van der Waals surface area contributed by atoms with Crippen molar-refractivity contribution in [1.29, 1.82) is 0 Å². The number of Topliss-reactive ketones (excluding diaryl/α,β-unsaturated/α-hetero) is 1. The minimum atomic E-state index is -0.724. The fourth-order valence-corrected chi connectivity index (χ4v) is 2.27. The van der Waals surface area contributed by atoms with E-state index >= 15 is 0 Å². The van der Waals surface area contributed by atoms with Crippen molar-refractivity contribution in [2.24, 2.45) is 11.7 Å². The van der Waals surface area contributed by atoms with Crippen LogP contribution in [0.4, 0.5) is 0 Å². The second-order valence-corrected chi connectivity index (χ2v) is 5.73. The molecule has 2 fully saturated rings. The SMILES string of the molecule is CC(N)(C(=O)c1cccc(OC2CC2)c1)C1CC1. The lowest BCUT2D eigenvalue weighted by atomic mass is 9.87. The van der Waals surface area contributed by atoms with Gasteiger partial charge < -0.3 is 10.5 Å². The molecule has 0 aliphatic heterocycles. The molecule has 2 saturated carbocycles. The largest absolute Gasteiger partial charge is 0.490 e. The molecule has 0 radical (unpaired) electrons. The van der Waals surface area contributed by atoms with Crippen LogP contribution in [0.25, 0.3) is 0 Å². The van der Waals surface area contributed by atoms with Gasteiger partial charge in [-0.25, -0.2) is 0 Å². The van der Waals surface area contributed by atoms with E-state index in [2.05, 4.69) is 0 Å². The molecule has 1 atom stereocenters. The minimum absolute atomic E-state index is 0.0336. The van der Waals surface area contributed by atoms with E-state index in [1.54, 1.807) is 0 Å². The summed E-state index contributed by atoms with van der Waals surface area (Å²) in [5, 5.41) is 0. The number of carbonyl (C=O) groups excluding carboxylic acids is 1. The molecular weight excluding hydrogens is 226 g/mol. The molecule has 2 aliphatic carbocycles. The molecule has 0 heterocycles. The van der Waals surface area contributed by atoms with Gasteiger partial charge in [0.05, 0.1) is 11.6 Å². The van der Waals surface area contributed by atoms with Gasteiger partial charge in [0.25, 0.3) is 0 Å². The molecule has 0 bridgehead atoms. The minimum Gasteiger partial charge on any atom is -0.490 e. The molecule has 2 N–H and O–H groups in total. The lowest BCUT2D eigenvalue weighted by Crippen LogP contribution is -2.47. The van der Waals surface area contributed by atoms with Gasteiger partial charge in [-0.3, -0.25) is 4.79 Å². The Kier molecular flexibility index (Phi) is 2.67. The van der Waals surface area contributed by atoms with Gasteiger partial charge in [-0.1, -0.05) is 12.1 Å². The third-order valence-electron chi connectivity index (χ3n) is 3.84. The first-order valence-corrected chi connectivity index (χ1v) is 6.68. The summed E-state index contributed by atoms with van der Waals surface area (Å²) in [6.07, 6.45) is 4.72. The van der Waals surface area contributed by atoms with Crippen LogP contribution in [0.15, 0.2) is 24.3 Å². The zero-order valence-corrected chi connectivity index (χ0v) is 10.7. The van der Waals surface area contributed by atoms with Crippen LogP contribution in [-0.4, -0.2) is 17.4 Å². The van der Waals surface area contributed by atoms with Crippen LogP contribution in [-0.2, 0) is 0 Å². The van der Waals surface area contributed by atoms with Gasteiger partial charge >= 0.3 is 0 Å². The van der Waals surface area contributed by atoms with E-state index in [4.69, 9.17) is 10.5 Å². The third kappa shape index (κ3) is 2.27. The highest BCUT2D eigenvalue weighted by Gasteiger charge is 2.44. The highest BCUT2D eigenvalue weighted by Crippen LogP contribution is 2.40. The maximum atomic E-state index is 12.4. The summed E-state index contributed by atoms with van der Waals surface area (Å²) in [5.74, 6) is 1.17. The summed E-state index contributed by atoms with van der Waals surface area (Å²) >= 11 is 0. The first kappa shape index (κ1) is 11.7. The molecule has 1 aromatic carbocycles. The van der Waals surface area contributed by atoms with Crippen molar-refractivity contribution >= 4 is 5.78 Å². The van der Waals surface area contributed by atoms with Gasteiger partial charge in [0.15, 0.2) is 5.78 Å². The molecule has 0 saturated heterocycles. The molecule has 0 amide bonds. The van der Waals surface area contributed by atoms with Crippen molar-refractivity contribution in [3.63, 3.8) is 0 Å². The van der Waals surface area contributed by atoms with Gasteiger partial charge in [0.1, 0.15) is 5.75 Å². The van der Waals surface area contributed by atoms with Gasteiger partial charge in [0.2, 0.25) is 0 Å². The molecule has 0 aromatic heterocycles. The molecule has 3 heteroatoms. The van der Waals surface area contributed by atoms with Crippen LogP contribution in [0.3, 0.4) is 0 Å². The van der Waals surface area contributed by atoms with E-state index < -0.39 is 5.54 Å². The van der Waals surface area contributed by atoms with Crippen LogP contribution in [0, 0.1) is 5.92 Å². The fraction of sp³-hybridized carbons (Fsp3) is 0.533. The molecular formula is C15H19NO2. The summed E-state index contributed by atoms with van der Waals surface area (Å²) in [6.45, 7) is 1.85. The van der Waals surface area contributed by atoms with Crippen LogP contribution < -0.4 is 10.5 Å². The summed E-state index contributed by atoms with van der Waals surface area (Å²) in [6, 6.07) is 7.43. The maximum Gasteiger partial charge on any atom is 0.182 e. The van der Waals surface area contributed by atoms with Crippen LogP contribution in [0.1, 0.15) is 43.0 Å².